The quantitative estimate of drug-likeness (QED) is 0.896. The van der Waals surface area contributed by atoms with Crippen molar-refractivity contribution in [2.24, 2.45) is 29.4 Å². The molecule has 5 rings (SSSR count). The third-order valence-corrected chi connectivity index (χ3v) is 5.98. The zero-order valence-electron chi connectivity index (χ0n) is 12.4. The minimum Gasteiger partial charge on any atom is -0.351 e. The summed E-state index contributed by atoms with van der Waals surface area (Å²) in [5.74, 6) is 3.27. The van der Waals surface area contributed by atoms with Gasteiger partial charge in [-0.05, 0) is 61.3 Å². The van der Waals surface area contributed by atoms with Gasteiger partial charge in [-0.15, -0.1) is 0 Å². The summed E-state index contributed by atoms with van der Waals surface area (Å²) in [6, 6.07) is 9.52. The van der Waals surface area contributed by atoms with Gasteiger partial charge in [0.15, 0.2) is 0 Å². The van der Waals surface area contributed by atoms with E-state index in [0.29, 0.717) is 17.9 Å². The van der Waals surface area contributed by atoms with E-state index in [0.717, 1.165) is 17.4 Å². The molecule has 3 nitrogen and oxygen atoms in total. The largest absolute Gasteiger partial charge is 0.351 e. The number of benzene rings is 1. The van der Waals surface area contributed by atoms with Crippen molar-refractivity contribution in [3.8, 4) is 0 Å². The molecule has 0 radical (unpaired) electrons. The van der Waals surface area contributed by atoms with Gasteiger partial charge >= 0.3 is 0 Å². The van der Waals surface area contributed by atoms with Gasteiger partial charge in [0.05, 0.1) is 0 Å². The van der Waals surface area contributed by atoms with Crippen LogP contribution in [-0.4, -0.2) is 11.9 Å². The fourth-order valence-corrected chi connectivity index (χ4v) is 5.23. The summed E-state index contributed by atoms with van der Waals surface area (Å²) in [7, 11) is 0. The molecule has 4 saturated carbocycles. The first kappa shape index (κ1) is 13.3. The van der Waals surface area contributed by atoms with Gasteiger partial charge in [-0.1, -0.05) is 30.3 Å². The predicted octanol–water partition coefficient (Wildman–Crippen LogP) is 2.63. The number of hydrogen-bond acceptors (Lipinski definition) is 2. The lowest BCUT2D eigenvalue weighted by molar-refractivity contribution is -0.126. The van der Waals surface area contributed by atoms with Gasteiger partial charge in [-0.2, -0.15) is 0 Å². The number of carbonyl (C=O) groups excluding carboxylic acids is 1. The zero-order chi connectivity index (χ0) is 14.4. The molecule has 4 aliphatic rings. The molecule has 1 aromatic rings. The summed E-state index contributed by atoms with van der Waals surface area (Å²) in [5.41, 5.74) is 7.03. The summed E-state index contributed by atoms with van der Waals surface area (Å²) in [4.78, 5) is 12.5. The summed E-state index contributed by atoms with van der Waals surface area (Å²) in [5, 5.41) is 3.30. The van der Waals surface area contributed by atoms with Crippen molar-refractivity contribution in [2.75, 3.05) is 0 Å². The van der Waals surface area contributed by atoms with Crippen molar-refractivity contribution in [3.05, 3.63) is 35.9 Å². The van der Waals surface area contributed by atoms with Crippen molar-refractivity contribution in [2.45, 2.75) is 44.2 Å². The van der Waals surface area contributed by atoms with Crippen LogP contribution >= 0.6 is 0 Å². The molecule has 4 fully saturated rings. The van der Waals surface area contributed by atoms with E-state index >= 15 is 0 Å². The van der Waals surface area contributed by atoms with Crippen LogP contribution in [0, 0.1) is 23.7 Å². The van der Waals surface area contributed by atoms with E-state index in [-0.39, 0.29) is 5.91 Å². The number of amides is 1. The molecule has 0 saturated heterocycles. The maximum Gasteiger partial charge on any atom is 0.241 e. The maximum absolute atomic E-state index is 12.5. The van der Waals surface area contributed by atoms with Crippen LogP contribution in [0.4, 0.5) is 0 Å². The van der Waals surface area contributed by atoms with E-state index < -0.39 is 6.04 Å². The minimum atomic E-state index is -0.539. The van der Waals surface area contributed by atoms with Crippen molar-refractivity contribution < 1.29 is 4.79 Å². The molecule has 1 amide bonds. The SMILES string of the molecule is N[C@@H](C(=O)NC1C2CC3CC(C2)CC1C3)c1ccccc1. The van der Waals surface area contributed by atoms with E-state index in [2.05, 4.69) is 5.32 Å². The highest BCUT2D eigenvalue weighted by atomic mass is 16.2. The van der Waals surface area contributed by atoms with Crippen LogP contribution in [0.25, 0.3) is 0 Å². The summed E-state index contributed by atoms with van der Waals surface area (Å²) in [6.45, 7) is 0. The van der Waals surface area contributed by atoms with E-state index in [9.17, 15) is 4.79 Å². The Hall–Kier alpha value is -1.35. The van der Waals surface area contributed by atoms with Gasteiger partial charge in [0, 0.05) is 6.04 Å². The molecule has 3 heteroatoms. The number of rotatable bonds is 3. The summed E-state index contributed by atoms with van der Waals surface area (Å²) < 4.78 is 0. The molecule has 4 aliphatic carbocycles. The number of nitrogens with one attached hydrogen (secondary N) is 1. The highest BCUT2D eigenvalue weighted by molar-refractivity contribution is 5.83. The Balaban J connectivity index is 1.45. The van der Waals surface area contributed by atoms with Crippen LogP contribution in [0.15, 0.2) is 30.3 Å². The second kappa shape index (κ2) is 5.13. The van der Waals surface area contributed by atoms with Crippen molar-refractivity contribution >= 4 is 5.91 Å². The second-order valence-electron chi connectivity index (χ2n) is 7.35. The van der Waals surface area contributed by atoms with Crippen molar-refractivity contribution in [1.29, 1.82) is 0 Å². The first-order valence-electron chi connectivity index (χ1n) is 8.31. The molecule has 0 aromatic heterocycles. The number of nitrogens with two attached hydrogens (primary N) is 1. The second-order valence-corrected chi connectivity index (χ2v) is 7.35. The third-order valence-electron chi connectivity index (χ3n) is 5.98. The number of hydrogen-bond donors (Lipinski definition) is 2. The Morgan fingerprint density at radius 2 is 1.57 bits per heavy atom. The monoisotopic (exact) mass is 284 g/mol. The fraction of sp³-hybridized carbons (Fsp3) is 0.611. The lowest BCUT2D eigenvalue weighted by atomic mass is 9.54. The minimum absolute atomic E-state index is 0.00123. The lowest BCUT2D eigenvalue weighted by Gasteiger charge is -2.54. The molecule has 112 valence electrons. The van der Waals surface area contributed by atoms with Gasteiger partial charge in [-0.25, -0.2) is 0 Å². The lowest BCUT2D eigenvalue weighted by Crippen LogP contribution is -2.57. The first-order valence-corrected chi connectivity index (χ1v) is 8.31. The molecule has 0 aliphatic heterocycles. The highest BCUT2D eigenvalue weighted by Gasteiger charge is 2.48. The molecule has 4 bridgehead atoms. The predicted molar refractivity (Wildman–Crippen MR) is 82.3 cm³/mol. The van der Waals surface area contributed by atoms with E-state index in [1.807, 2.05) is 30.3 Å². The normalized spacial score (nSPS) is 38.2. The Bertz CT molecular complexity index is 499. The molecular formula is C18H24N2O. The van der Waals surface area contributed by atoms with Gasteiger partial charge in [0.25, 0.3) is 0 Å². The molecule has 3 N–H and O–H groups in total. The van der Waals surface area contributed by atoms with E-state index in [1.165, 1.54) is 32.1 Å². The average Bonchev–Trinajstić information content (AvgIpc) is 2.50. The highest BCUT2D eigenvalue weighted by Crippen LogP contribution is 2.53. The topological polar surface area (TPSA) is 55.1 Å². The Labute approximate surface area is 126 Å². The van der Waals surface area contributed by atoms with Crippen LogP contribution in [0.1, 0.15) is 43.7 Å². The Kier molecular flexibility index (Phi) is 3.26. The molecule has 0 heterocycles. The standard InChI is InChI=1S/C18H24N2O/c19-16(13-4-2-1-3-5-13)18(21)20-17-14-7-11-6-12(9-14)10-15(17)8-11/h1-5,11-12,14-17H,6-10,19H2,(H,20,21)/t11?,12?,14?,15?,16-,17?/m1/s1. The number of carbonyl (C=O) groups is 1. The fourth-order valence-electron chi connectivity index (χ4n) is 5.23. The first-order chi connectivity index (χ1) is 10.2. The van der Waals surface area contributed by atoms with Gasteiger partial charge in [0.1, 0.15) is 6.04 Å². The van der Waals surface area contributed by atoms with E-state index in [1.54, 1.807) is 0 Å². The average molecular weight is 284 g/mol. The molecule has 0 spiro atoms. The van der Waals surface area contributed by atoms with Gasteiger partial charge in [0.2, 0.25) is 5.91 Å². The Morgan fingerprint density at radius 1 is 1.00 bits per heavy atom. The van der Waals surface area contributed by atoms with Crippen LogP contribution in [0.3, 0.4) is 0 Å². The smallest absolute Gasteiger partial charge is 0.241 e. The van der Waals surface area contributed by atoms with Crippen molar-refractivity contribution in [3.63, 3.8) is 0 Å². The Morgan fingerprint density at radius 3 is 2.14 bits per heavy atom. The molecule has 1 atom stereocenters. The van der Waals surface area contributed by atoms with Crippen LogP contribution in [0.5, 0.6) is 0 Å². The molecule has 0 unspecified atom stereocenters. The van der Waals surface area contributed by atoms with Crippen LogP contribution < -0.4 is 11.1 Å². The van der Waals surface area contributed by atoms with Crippen LogP contribution in [0.2, 0.25) is 0 Å². The van der Waals surface area contributed by atoms with E-state index in [4.69, 9.17) is 5.73 Å². The summed E-state index contributed by atoms with van der Waals surface area (Å²) in [6.07, 6.45) is 6.71. The van der Waals surface area contributed by atoms with Gasteiger partial charge < -0.3 is 11.1 Å². The van der Waals surface area contributed by atoms with Crippen molar-refractivity contribution in [1.82, 2.24) is 5.32 Å². The molecular weight excluding hydrogens is 260 g/mol. The zero-order valence-corrected chi connectivity index (χ0v) is 12.4. The molecule has 21 heavy (non-hydrogen) atoms. The summed E-state index contributed by atoms with van der Waals surface area (Å²) >= 11 is 0. The van der Waals surface area contributed by atoms with Crippen LogP contribution in [-0.2, 0) is 4.79 Å². The third kappa shape index (κ3) is 2.38. The van der Waals surface area contributed by atoms with Gasteiger partial charge in [-0.3, -0.25) is 4.79 Å². The molecule has 1 aromatic carbocycles. The maximum atomic E-state index is 12.5.